The monoisotopic (exact) mass is 288 g/mol. The standard InChI is InChI=1S/C13H20N2O3.ClH/c1-9(14)7-13(17)15-8-12(16)10-3-5-11(18-2)6-4-10;/h3-6,9,12,16H,7-8,14H2,1-2H3,(H,15,17);1H. The molecule has 0 aromatic heterocycles. The van der Waals surface area contributed by atoms with Crippen LogP contribution in [0, 0.1) is 0 Å². The summed E-state index contributed by atoms with van der Waals surface area (Å²) in [5, 5.41) is 12.5. The summed E-state index contributed by atoms with van der Waals surface area (Å²) in [4.78, 5) is 11.4. The van der Waals surface area contributed by atoms with Crippen molar-refractivity contribution >= 4 is 18.3 Å². The number of nitrogens with one attached hydrogen (secondary N) is 1. The third-order valence-corrected chi connectivity index (χ3v) is 2.50. The molecule has 1 aromatic carbocycles. The summed E-state index contributed by atoms with van der Waals surface area (Å²) < 4.78 is 5.03. The van der Waals surface area contributed by atoms with Gasteiger partial charge in [-0.25, -0.2) is 0 Å². The van der Waals surface area contributed by atoms with Gasteiger partial charge in [0.2, 0.25) is 5.91 Å². The van der Waals surface area contributed by atoms with Crippen molar-refractivity contribution in [2.24, 2.45) is 5.73 Å². The van der Waals surface area contributed by atoms with Crippen LogP contribution in [0.4, 0.5) is 0 Å². The van der Waals surface area contributed by atoms with Gasteiger partial charge in [0.1, 0.15) is 5.75 Å². The van der Waals surface area contributed by atoms with Gasteiger partial charge in [0.15, 0.2) is 0 Å². The second-order valence-electron chi connectivity index (χ2n) is 4.27. The number of halogens is 1. The number of carbonyl (C=O) groups excluding carboxylic acids is 1. The lowest BCUT2D eigenvalue weighted by Crippen LogP contribution is -2.32. The third kappa shape index (κ3) is 6.42. The third-order valence-electron chi connectivity index (χ3n) is 2.50. The minimum Gasteiger partial charge on any atom is -0.497 e. The molecule has 2 atom stereocenters. The van der Waals surface area contributed by atoms with Crippen LogP contribution in [-0.2, 0) is 4.79 Å². The highest BCUT2D eigenvalue weighted by Crippen LogP contribution is 2.16. The Morgan fingerprint density at radius 1 is 1.42 bits per heavy atom. The molecule has 0 fully saturated rings. The molecule has 5 nitrogen and oxygen atoms in total. The molecule has 0 aliphatic carbocycles. The zero-order chi connectivity index (χ0) is 13.5. The number of ether oxygens (including phenoxy) is 1. The maximum absolute atomic E-state index is 11.4. The van der Waals surface area contributed by atoms with Crippen LogP contribution in [0.5, 0.6) is 5.75 Å². The molecule has 4 N–H and O–H groups in total. The number of aliphatic hydroxyl groups excluding tert-OH is 1. The molecule has 0 spiro atoms. The molecule has 108 valence electrons. The van der Waals surface area contributed by atoms with E-state index in [4.69, 9.17) is 10.5 Å². The minimum absolute atomic E-state index is 0. The number of carbonyl (C=O) groups is 1. The molecule has 1 rings (SSSR count). The SMILES string of the molecule is COc1ccc(C(O)CNC(=O)CC(C)N)cc1.Cl. The number of amides is 1. The van der Waals surface area contributed by atoms with E-state index in [2.05, 4.69) is 5.32 Å². The number of hydrogen-bond donors (Lipinski definition) is 3. The summed E-state index contributed by atoms with van der Waals surface area (Å²) in [5.74, 6) is 0.574. The molecule has 0 bridgehead atoms. The van der Waals surface area contributed by atoms with Gasteiger partial charge in [-0.1, -0.05) is 12.1 Å². The van der Waals surface area contributed by atoms with Gasteiger partial charge in [0.25, 0.3) is 0 Å². The zero-order valence-electron chi connectivity index (χ0n) is 11.1. The van der Waals surface area contributed by atoms with E-state index in [1.54, 1.807) is 38.3 Å². The first-order valence-electron chi connectivity index (χ1n) is 5.87. The van der Waals surface area contributed by atoms with Gasteiger partial charge in [-0.3, -0.25) is 4.79 Å². The van der Waals surface area contributed by atoms with Crippen molar-refractivity contribution in [3.05, 3.63) is 29.8 Å². The summed E-state index contributed by atoms with van der Waals surface area (Å²) in [5.41, 5.74) is 6.24. The van der Waals surface area contributed by atoms with Crippen molar-refractivity contribution in [1.82, 2.24) is 5.32 Å². The van der Waals surface area contributed by atoms with Crippen LogP contribution in [0.15, 0.2) is 24.3 Å². The second kappa shape index (κ2) is 8.74. The Labute approximate surface area is 119 Å². The maximum atomic E-state index is 11.4. The van der Waals surface area contributed by atoms with E-state index < -0.39 is 6.10 Å². The van der Waals surface area contributed by atoms with Crippen LogP contribution < -0.4 is 15.8 Å². The molecule has 0 saturated heterocycles. The lowest BCUT2D eigenvalue weighted by atomic mass is 10.1. The molecule has 0 aliphatic rings. The van der Waals surface area contributed by atoms with Crippen molar-refractivity contribution in [1.29, 1.82) is 0 Å². The Morgan fingerprint density at radius 2 is 2.00 bits per heavy atom. The highest BCUT2D eigenvalue weighted by Gasteiger charge is 2.10. The fourth-order valence-corrected chi connectivity index (χ4v) is 1.52. The number of hydrogen-bond acceptors (Lipinski definition) is 4. The van der Waals surface area contributed by atoms with Crippen LogP contribution in [0.2, 0.25) is 0 Å². The lowest BCUT2D eigenvalue weighted by Gasteiger charge is -2.13. The van der Waals surface area contributed by atoms with Crippen LogP contribution in [-0.4, -0.2) is 30.7 Å². The molecule has 1 aromatic rings. The van der Waals surface area contributed by atoms with Crippen LogP contribution >= 0.6 is 12.4 Å². The molecule has 0 saturated carbocycles. The molecular formula is C13H21ClN2O3. The van der Waals surface area contributed by atoms with E-state index in [1.165, 1.54) is 0 Å². The number of nitrogens with two attached hydrogens (primary N) is 1. The van der Waals surface area contributed by atoms with Gasteiger partial charge < -0.3 is 20.9 Å². The highest BCUT2D eigenvalue weighted by atomic mass is 35.5. The lowest BCUT2D eigenvalue weighted by molar-refractivity contribution is -0.121. The van der Waals surface area contributed by atoms with Gasteiger partial charge in [0, 0.05) is 19.0 Å². The predicted octanol–water partition coefficient (Wildman–Crippen LogP) is 1.00. The molecule has 19 heavy (non-hydrogen) atoms. The first-order chi connectivity index (χ1) is 8.52. The van der Waals surface area contributed by atoms with Gasteiger partial charge in [-0.05, 0) is 24.6 Å². The van der Waals surface area contributed by atoms with E-state index in [-0.39, 0.29) is 37.3 Å². The van der Waals surface area contributed by atoms with Crippen LogP contribution in [0.25, 0.3) is 0 Å². The summed E-state index contributed by atoms with van der Waals surface area (Å²) >= 11 is 0. The minimum atomic E-state index is -0.729. The largest absolute Gasteiger partial charge is 0.497 e. The Morgan fingerprint density at radius 3 is 2.47 bits per heavy atom. The maximum Gasteiger partial charge on any atom is 0.221 e. The molecule has 2 unspecified atom stereocenters. The van der Waals surface area contributed by atoms with Crippen LogP contribution in [0.3, 0.4) is 0 Å². The van der Waals surface area contributed by atoms with Crippen molar-refractivity contribution in [2.75, 3.05) is 13.7 Å². The Hall–Kier alpha value is -1.30. The topological polar surface area (TPSA) is 84.6 Å². The number of benzene rings is 1. The van der Waals surface area contributed by atoms with E-state index in [9.17, 15) is 9.90 Å². The van der Waals surface area contributed by atoms with E-state index in [0.29, 0.717) is 0 Å². The van der Waals surface area contributed by atoms with Crippen molar-refractivity contribution in [2.45, 2.75) is 25.5 Å². The quantitative estimate of drug-likeness (QED) is 0.729. The predicted molar refractivity (Wildman–Crippen MR) is 76.5 cm³/mol. The summed E-state index contributed by atoms with van der Waals surface area (Å²) in [6.45, 7) is 1.94. The number of aliphatic hydroxyl groups is 1. The summed E-state index contributed by atoms with van der Waals surface area (Å²) in [6, 6.07) is 6.88. The van der Waals surface area contributed by atoms with Crippen LogP contribution in [0.1, 0.15) is 25.0 Å². The Balaban J connectivity index is 0.00000324. The molecule has 0 heterocycles. The average Bonchev–Trinajstić information content (AvgIpc) is 2.35. The van der Waals surface area contributed by atoms with Gasteiger partial charge >= 0.3 is 0 Å². The first-order valence-corrected chi connectivity index (χ1v) is 5.87. The van der Waals surface area contributed by atoms with Crippen molar-refractivity contribution < 1.29 is 14.6 Å². The first kappa shape index (κ1) is 17.7. The Kier molecular flexibility index (Phi) is 8.14. The fraction of sp³-hybridized carbons (Fsp3) is 0.462. The molecule has 0 radical (unpaired) electrons. The molecule has 1 amide bonds. The molecular weight excluding hydrogens is 268 g/mol. The average molecular weight is 289 g/mol. The highest BCUT2D eigenvalue weighted by molar-refractivity contribution is 5.85. The van der Waals surface area contributed by atoms with Crippen molar-refractivity contribution in [3.63, 3.8) is 0 Å². The zero-order valence-corrected chi connectivity index (χ0v) is 11.9. The Bertz CT molecular complexity index is 382. The number of methoxy groups -OCH3 is 1. The van der Waals surface area contributed by atoms with Gasteiger partial charge in [-0.2, -0.15) is 0 Å². The van der Waals surface area contributed by atoms with E-state index in [1.807, 2.05) is 0 Å². The smallest absolute Gasteiger partial charge is 0.221 e. The molecule has 0 aliphatic heterocycles. The van der Waals surface area contributed by atoms with Gasteiger partial charge in [0.05, 0.1) is 13.2 Å². The summed E-state index contributed by atoms with van der Waals surface area (Å²) in [7, 11) is 1.58. The van der Waals surface area contributed by atoms with E-state index >= 15 is 0 Å². The second-order valence-corrected chi connectivity index (χ2v) is 4.27. The normalized spacial score (nSPS) is 13.1. The van der Waals surface area contributed by atoms with Crippen molar-refractivity contribution in [3.8, 4) is 5.75 Å². The fourth-order valence-electron chi connectivity index (χ4n) is 1.52. The van der Waals surface area contributed by atoms with Gasteiger partial charge in [-0.15, -0.1) is 12.4 Å². The number of rotatable bonds is 6. The summed E-state index contributed by atoms with van der Waals surface area (Å²) in [6.07, 6.45) is -0.470. The molecule has 6 heteroatoms. The van der Waals surface area contributed by atoms with E-state index in [0.717, 1.165) is 11.3 Å².